The zero-order chi connectivity index (χ0) is 14.4. The molecule has 0 aliphatic carbocycles. The van der Waals surface area contributed by atoms with Crippen LogP contribution in [0.5, 0.6) is 11.5 Å². The van der Waals surface area contributed by atoms with Crippen LogP contribution in [0.3, 0.4) is 0 Å². The van der Waals surface area contributed by atoms with Gasteiger partial charge >= 0.3 is 0 Å². The van der Waals surface area contributed by atoms with Crippen LogP contribution >= 0.6 is 15.9 Å². The molecule has 0 fully saturated rings. The number of nitrogens with zero attached hydrogens (tertiary/aromatic N) is 2. The van der Waals surface area contributed by atoms with Crippen molar-refractivity contribution >= 4 is 28.0 Å². The van der Waals surface area contributed by atoms with Gasteiger partial charge in [0.25, 0.3) is 0 Å². The molecule has 0 atom stereocenters. The van der Waals surface area contributed by atoms with Crippen molar-refractivity contribution in [2.45, 2.75) is 0 Å². The predicted molar refractivity (Wildman–Crippen MR) is 82.7 cm³/mol. The number of methoxy groups -OCH3 is 2. The molecule has 1 aromatic heterocycles. The van der Waals surface area contributed by atoms with Crippen molar-refractivity contribution in [3.8, 4) is 11.5 Å². The van der Waals surface area contributed by atoms with Crippen molar-refractivity contribution in [2.24, 2.45) is 5.10 Å². The second kappa shape index (κ2) is 6.91. The third-order valence-corrected chi connectivity index (χ3v) is 3.24. The van der Waals surface area contributed by atoms with Crippen molar-refractivity contribution in [3.05, 3.63) is 46.6 Å². The lowest BCUT2D eigenvalue weighted by Crippen LogP contribution is -1.96. The van der Waals surface area contributed by atoms with E-state index in [2.05, 4.69) is 31.4 Å². The Bertz CT molecular complexity index is 603. The van der Waals surface area contributed by atoms with Crippen molar-refractivity contribution in [1.29, 1.82) is 0 Å². The first-order valence-electron chi connectivity index (χ1n) is 5.86. The Kier molecular flexibility index (Phi) is 4.95. The van der Waals surface area contributed by atoms with Gasteiger partial charge in [0.1, 0.15) is 5.82 Å². The molecule has 0 saturated carbocycles. The van der Waals surface area contributed by atoms with E-state index in [0.29, 0.717) is 17.3 Å². The topological polar surface area (TPSA) is 55.7 Å². The summed E-state index contributed by atoms with van der Waals surface area (Å²) in [6.45, 7) is 0. The van der Waals surface area contributed by atoms with Crippen LogP contribution in [0.4, 0.5) is 5.82 Å². The Balaban J connectivity index is 2.16. The van der Waals surface area contributed by atoms with Crippen LogP contribution in [0.2, 0.25) is 0 Å². The first-order chi connectivity index (χ1) is 9.74. The Morgan fingerprint density at radius 2 is 1.95 bits per heavy atom. The highest BCUT2D eigenvalue weighted by molar-refractivity contribution is 9.10. The SMILES string of the molecule is COc1cc(Br)c(/C=N\Nc2ccccn2)cc1OC. The van der Waals surface area contributed by atoms with Gasteiger partial charge in [-0.25, -0.2) is 4.98 Å². The standard InChI is InChI=1S/C14H14BrN3O2/c1-19-12-7-10(11(15)8-13(12)20-2)9-17-18-14-5-3-4-6-16-14/h3-9H,1-2H3,(H,16,18)/b17-9-. The minimum absolute atomic E-state index is 0.648. The zero-order valence-electron chi connectivity index (χ0n) is 11.1. The summed E-state index contributed by atoms with van der Waals surface area (Å²) >= 11 is 3.47. The van der Waals surface area contributed by atoms with Gasteiger partial charge < -0.3 is 9.47 Å². The minimum atomic E-state index is 0.648. The highest BCUT2D eigenvalue weighted by Gasteiger charge is 2.07. The van der Waals surface area contributed by atoms with Crippen molar-refractivity contribution < 1.29 is 9.47 Å². The van der Waals surface area contributed by atoms with Crippen LogP contribution in [0, 0.1) is 0 Å². The normalized spacial score (nSPS) is 10.6. The fraction of sp³-hybridized carbons (Fsp3) is 0.143. The summed E-state index contributed by atoms with van der Waals surface area (Å²) in [5.41, 5.74) is 3.72. The van der Waals surface area contributed by atoms with Crippen LogP contribution in [0.1, 0.15) is 5.56 Å². The smallest absolute Gasteiger partial charge is 0.161 e. The summed E-state index contributed by atoms with van der Waals surface area (Å²) in [6.07, 6.45) is 3.38. The second-order valence-corrected chi connectivity index (χ2v) is 4.67. The third kappa shape index (κ3) is 3.48. The number of benzene rings is 1. The molecular formula is C14H14BrN3O2. The van der Waals surface area contributed by atoms with E-state index >= 15 is 0 Å². The number of hydrogen-bond acceptors (Lipinski definition) is 5. The molecule has 1 heterocycles. The Morgan fingerprint density at radius 3 is 2.60 bits per heavy atom. The van der Waals surface area contributed by atoms with E-state index < -0.39 is 0 Å². The highest BCUT2D eigenvalue weighted by Crippen LogP contribution is 2.32. The van der Waals surface area contributed by atoms with Gasteiger partial charge in [-0.1, -0.05) is 6.07 Å². The predicted octanol–water partition coefficient (Wildman–Crippen LogP) is 3.31. The molecule has 0 bridgehead atoms. The molecule has 0 unspecified atom stereocenters. The molecular weight excluding hydrogens is 322 g/mol. The molecule has 0 aliphatic rings. The average molecular weight is 336 g/mol. The van der Waals surface area contributed by atoms with Crippen molar-refractivity contribution in [1.82, 2.24) is 4.98 Å². The van der Waals surface area contributed by atoms with Gasteiger partial charge in [-0.15, -0.1) is 0 Å². The average Bonchev–Trinajstić information content (AvgIpc) is 2.49. The Hall–Kier alpha value is -2.08. The first kappa shape index (κ1) is 14.3. The van der Waals surface area contributed by atoms with Gasteiger partial charge in [-0.3, -0.25) is 5.43 Å². The fourth-order valence-electron chi connectivity index (χ4n) is 1.57. The number of rotatable bonds is 5. The molecule has 0 radical (unpaired) electrons. The molecule has 1 aromatic carbocycles. The Morgan fingerprint density at radius 1 is 1.20 bits per heavy atom. The van der Waals surface area contributed by atoms with E-state index in [-0.39, 0.29) is 0 Å². The summed E-state index contributed by atoms with van der Waals surface area (Å²) in [4.78, 5) is 4.11. The number of anilines is 1. The van der Waals surface area contributed by atoms with Gasteiger partial charge in [0, 0.05) is 16.2 Å². The van der Waals surface area contributed by atoms with Gasteiger partial charge in [0.15, 0.2) is 11.5 Å². The van der Waals surface area contributed by atoms with Crippen LogP contribution in [0.25, 0.3) is 0 Å². The maximum atomic E-state index is 5.26. The van der Waals surface area contributed by atoms with Crippen molar-refractivity contribution in [3.63, 3.8) is 0 Å². The number of pyridine rings is 1. The quantitative estimate of drug-likeness (QED) is 0.672. The maximum absolute atomic E-state index is 5.26. The number of ether oxygens (including phenoxy) is 2. The molecule has 1 N–H and O–H groups in total. The number of hydrazone groups is 1. The van der Waals surface area contributed by atoms with Crippen LogP contribution in [-0.4, -0.2) is 25.4 Å². The molecule has 0 saturated heterocycles. The van der Waals surface area contributed by atoms with E-state index in [9.17, 15) is 0 Å². The van der Waals surface area contributed by atoms with Gasteiger partial charge in [-0.05, 0) is 40.2 Å². The monoisotopic (exact) mass is 335 g/mol. The van der Waals surface area contributed by atoms with E-state index in [4.69, 9.17) is 9.47 Å². The molecule has 5 nitrogen and oxygen atoms in total. The zero-order valence-corrected chi connectivity index (χ0v) is 12.7. The van der Waals surface area contributed by atoms with E-state index in [1.165, 1.54) is 0 Å². The van der Waals surface area contributed by atoms with E-state index in [1.54, 1.807) is 26.6 Å². The molecule has 0 aliphatic heterocycles. The minimum Gasteiger partial charge on any atom is -0.493 e. The Labute approximate surface area is 125 Å². The van der Waals surface area contributed by atoms with Gasteiger partial charge in [0.05, 0.1) is 20.4 Å². The summed E-state index contributed by atoms with van der Waals surface area (Å²) < 4.78 is 11.3. The first-order valence-corrected chi connectivity index (χ1v) is 6.65. The van der Waals surface area contributed by atoms with E-state index in [0.717, 1.165) is 10.0 Å². The molecule has 0 amide bonds. The molecule has 6 heteroatoms. The third-order valence-electron chi connectivity index (χ3n) is 2.55. The molecule has 104 valence electrons. The molecule has 2 aromatic rings. The lowest BCUT2D eigenvalue weighted by atomic mass is 10.2. The number of aromatic nitrogens is 1. The summed E-state index contributed by atoms with van der Waals surface area (Å²) in [5.74, 6) is 1.99. The fourth-order valence-corrected chi connectivity index (χ4v) is 1.99. The second-order valence-electron chi connectivity index (χ2n) is 3.81. The molecule has 0 spiro atoms. The number of hydrogen-bond donors (Lipinski definition) is 1. The van der Waals surface area contributed by atoms with Crippen LogP contribution in [-0.2, 0) is 0 Å². The van der Waals surface area contributed by atoms with Crippen molar-refractivity contribution in [2.75, 3.05) is 19.6 Å². The maximum Gasteiger partial charge on any atom is 0.161 e. The molecule has 2 rings (SSSR count). The van der Waals surface area contributed by atoms with E-state index in [1.807, 2.05) is 30.3 Å². The highest BCUT2D eigenvalue weighted by atomic mass is 79.9. The number of nitrogens with one attached hydrogen (secondary N) is 1. The van der Waals surface area contributed by atoms with Crippen LogP contribution < -0.4 is 14.9 Å². The van der Waals surface area contributed by atoms with Gasteiger partial charge in [-0.2, -0.15) is 5.10 Å². The van der Waals surface area contributed by atoms with Crippen LogP contribution in [0.15, 0.2) is 46.1 Å². The largest absolute Gasteiger partial charge is 0.493 e. The summed E-state index contributed by atoms with van der Waals surface area (Å²) in [5, 5.41) is 4.14. The summed E-state index contributed by atoms with van der Waals surface area (Å²) in [7, 11) is 3.19. The molecule has 20 heavy (non-hydrogen) atoms. The lowest BCUT2D eigenvalue weighted by molar-refractivity contribution is 0.354. The summed E-state index contributed by atoms with van der Waals surface area (Å²) in [6, 6.07) is 9.24. The lowest BCUT2D eigenvalue weighted by Gasteiger charge is -2.09. The van der Waals surface area contributed by atoms with Gasteiger partial charge in [0.2, 0.25) is 0 Å². The number of halogens is 1.